The number of aliphatic hydroxyl groups is 1. The van der Waals surface area contributed by atoms with Crippen molar-refractivity contribution in [3.63, 3.8) is 0 Å². The lowest BCUT2D eigenvalue weighted by molar-refractivity contribution is -0.134. The van der Waals surface area contributed by atoms with Gasteiger partial charge in [-0.15, -0.1) is 0 Å². The summed E-state index contributed by atoms with van der Waals surface area (Å²) in [5.74, 6) is -0.0332. The predicted molar refractivity (Wildman–Crippen MR) is 65.9 cm³/mol. The lowest BCUT2D eigenvalue weighted by Gasteiger charge is -2.26. The van der Waals surface area contributed by atoms with Gasteiger partial charge < -0.3 is 20.1 Å². The normalized spacial score (nSPS) is 17.7. The van der Waals surface area contributed by atoms with Gasteiger partial charge in [0.25, 0.3) is 0 Å². The van der Waals surface area contributed by atoms with E-state index < -0.39 is 0 Å². The number of hydrogen-bond acceptors (Lipinski definition) is 4. The molecule has 0 aliphatic carbocycles. The van der Waals surface area contributed by atoms with E-state index in [-0.39, 0.29) is 37.5 Å². The number of methoxy groups -OCH3 is 1. The number of likely N-dealkylation sites (tertiary alicyclic amines) is 1. The Kier molecular flexibility index (Phi) is 6.67. The van der Waals surface area contributed by atoms with Crippen molar-refractivity contribution < 1.29 is 19.4 Å². The molecule has 0 unspecified atom stereocenters. The highest BCUT2D eigenvalue weighted by Gasteiger charge is 2.19. The number of hydrogen-bond donors (Lipinski definition) is 2. The zero-order chi connectivity index (χ0) is 13.4. The molecule has 0 spiro atoms. The van der Waals surface area contributed by atoms with Crippen molar-refractivity contribution in [2.75, 3.05) is 33.4 Å². The van der Waals surface area contributed by atoms with E-state index in [1.807, 2.05) is 0 Å². The minimum atomic E-state index is -0.375. The van der Waals surface area contributed by atoms with Crippen LogP contribution in [0.1, 0.15) is 25.7 Å². The first-order valence-corrected chi connectivity index (χ1v) is 6.34. The number of carbonyl (C=O) groups is 2. The molecule has 0 radical (unpaired) electrons. The van der Waals surface area contributed by atoms with Crippen molar-refractivity contribution in [2.45, 2.75) is 31.7 Å². The summed E-state index contributed by atoms with van der Waals surface area (Å²) in [7, 11) is 1.52. The van der Waals surface area contributed by atoms with Crippen molar-refractivity contribution in [3.05, 3.63) is 0 Å². The van der Waals surface area contributed by atoms with Gasteiger partial charge in [0, 0.05) is 33.0 Å². The summed E-state index contributed by atoms with van der Waals surface area (Å²) < 4.78 is 4.87. The average molecular weight is 258 g/mol. The van der Waals surface area contributed by atoms with E-state index in [0.29, 0.717) is 13.0 Å². The Labute approximate surface area is 107 Å². The number of carbonyl (C=O) groups excluding carboxylic acids is 2. The van der Waals surface area contributed by atoms with Crippen LogP contribution in [-0.4, -0.2) is 61.3 Å². The van der Waals surface area contributed by atoms with Gasteiger partial charge in [-0.25, -0.2) is 0 Å². The van der Waals surface area contributed by atoms with Crippen molar-refractivity contribution in [1.82, 2.24) is 10.2 Å². The van der Waals surface area contributed by atoms with Crippen LogP contribution in [-0.2, 0) is 14.3 Å². The third kappa shape index (κ3) is 5.01. The molecule has 1 aliphatic rings. The third-order valence-corrected chi connectivity index (χ3v) is 2.98. The van der Waals surface area contributed by atoms with Crippen LogP contribution in [0.25, 0.3) is 0 Å². The highest BCUT2D eigenvalue weighted by atomic mass is 16.5. The second-order valence-electron chi connectivity index (χ2n) is 4.49. The Balaban J connectivity index is 2.25. The number of rotatable bonds is 7. The minimum Gasteiger partial charge on any atom is -0.394 e. The van der Waals surface area contributed by atoms with Crippen molar-refractivity contribution in [1.29, 1.82) is 0 Å². The molecule has 0 aromatic carbocycles. The van der Waals surface area contributed by atoms with E-state index in [9.17, 15) is 9.59 Å². The van der Waals surface area contributed by atoms with E-state index >= 15 is 0 Å². The number of amides is 2. The van der Waals surface area contributed by atoms with Gasteiger partial charge in [0.1, 0.15) is 0 Å². The third-order valence-electron chi connectivity index (χ3n) is 2.98. The molecular weight excluding hydrogens is 236 g/mol. The molecule has 2 N–H and O–H groups in total. The van der Waals surface area contributed by atoms with Gasteiger partial charge >= 0.3 is 0 Å². The fourth-order valence-corrected chi connectivity index (χ4v) is 1.98. The standard InChI is InChI=1S/C12H22N2O4/c1-18-9-10(8-15)13-11(16)5-7-14-6-3-2-4-12(14)17/h10,15H,2-9H2,1H3,(H,13,16)/t10-/m0/s1. The first-order valence-electron chi connectivity index (χ1n) is 6.34. The summed E-state index contributed by atoms with van der Waals surface area (Å²) in [6.07, 6.45) is 2.81. The molecule has 0 aromatic heterocycles. The van der Waals surface area contributed by atoms with E-state index in [0.717, 1.165) is 19.4 Å². The first kappa shape index (κ1) is 14.9. The van der Waals surface area contributed by atoms with Gasteiger partial charge in [0.05, 0.1) is 19.3 Å². The van der Waals surface area contributed by atoms with Crippen LogP contribution in [0.4, 0.5) is 0 Å². The van der Waals surface area contributed by atoms with E-state index in [1.165, 1.54) is 7.11 Å². The molecule has 1 heterocycles. The van der Waals surface area contributed by atoms with Crippen LogP contribution in [0.2, 0.25) is 0 Å². The van der Waals surface area contributed by atoms with Crippen LogP contribution in [0.5, 0.6) is 0 Å². The monoisotopic (exact) mass is 258 g/mol. The first-order chi connectivity index (χ1) is 8.67. The van der Waals surface area contributed by atoms with E-state index in [1.54, 1.807) is 4.90 Å². The summed E-state index contributed by atoms with van der Waals surface area (Å²) in [5, 5.41) is 11.7. The molecule has 18 heavy (non-hydrogen) atoms. The number of aliphatic hydroxyl groups excluding tert-OH is 1. The van der Waals surface area contributed by atoms with Crippen molar-refractivity contribution in [2.24, 2.45) is 0 Å². The Morgan fingerprint density at radius 3 is 2.94 bits per heavy atom. The smallest absolute Gasteiger partial charge is 0.222 e. The molecule has 0 saturated carbocycles. The Morgan fingerprint density at radius 1 is 1.56 bits per heavy atom. The molecule has 1 atom stereocenters. The fraction of sp³-hybridized carbons (Fsp3) is 0.833. The van der Waals surface area contributed by atoms with E-state index in [4.69, 9.17) is 9.84 Å². The van der Waals surface area contributed by atoms with Crippen LogP contribution in [0.3, 0.4) is 0 Å². The topological polar surface area (TPSA) is 78.9 Å². The van der Waals surface area contributed by atoms with Crippen molar-refractivity contribution in [3.8, 4) is 0 Å². The molecule has 0 bridgehead atoms. The van der Waals surface area contributed by atoms with Crippen LogP contribution in [0.15, 0.2) is 0 Å². The quantitative estimate of drug-likeness (QED) is 0.646. The second kappa shape index (κ2) is 8.05. The summed E-state index contributed by atoms with van der Waals surface area (Å²) >= 11 is 0. The zero-order valence-corrected chi connectivity index (χ0v) is 10.9. The summed E-state index contributed by atoms with van der Waals surface area (Å²) in [6.45, 7) is 1.33. The zero-order valence-electron chi connectivity index (χ0n) is 10.9. The lowest BCUT2D eigenvalue weighted by Crippen LogP contribution is -2.43. The molecule has 6 heteroatoms. The van der Waals surface area contributed by atoms with Crippen molar-refractivity contribution >= 4 is 11.8 Å². The summed E-state index contributed by atoms with van der Waals surface area (Å²) in [6, 6.07) is -0.375. The fourth-order valence-electron chi connectivity index (χ4n) is 1.98. The molecule has 1 aliphatic heterocycles. The minimum absolute atomic E-state index is 0.129. The Hall–Kier alpha value is -1.14. The maximum absolute atomic E-state index is 11.6. The van der Waals surface area contributed by atoms with Gasteiger partial charge in [-0.1, -0.05) is 0 Å². The molecule has 1 saturated heterocycles. The molecular formula is C12H22N2O4. The molecule has 1 fully saturated rings. The average Bonchev–Trinajstić information content (AvgIpc) is 2.37. The van der Waals surface area contributed by atoms with Gasteiger partial charge in [-0.2, -0.15) is 0 Å². The van der Waals surface area contributed by atoms with Gasteiger partial charge in [0.2, 0.25) is 11.8 Å². The molecule has 6 nitrogen and oxygen atoms in total. The predicted octanol–water partition coefficient (Wildman–Crippen LogP) is -0.487. The lowest BCUT2D eigenvalue weighted by atomic mass is 10.1. The van der Waals surface area contributed by atoms with E-state index in [2.05, 4.69) is 5.32 Å². The van der Waals surface area contributed by atoms with Gasteiger partial charge in [0.15, 0.2) is 0 Å². The summed E-state index contributed by atoms with van der Waals surface area (Å²) in [4.78, 5) is 24.9. The maximum atomic E-state index is 11.6. The number of piperidine rings is 1. The maximum Gasteiger partial charge on any atom is 0.222 e. The molecule has 0 aromatic rings. The van der Waals surface area contributed by atoms with Crippen LogP contribution < -0.4 is 5.32 Å². The molecule has 1 rings (SSSR count). The number of nitrogens with one attached hydrogen (secondary N) is 1. The SMILES string of the molecule is COC[C@H](CO)NC(=O)CCN1CCCCC1=O. The van der Waals surface area contributed by atoms with Gasteiger partial charge in [-0.05, 0) is 12.8 Å². The number of ether oxygens (including phenoxy) is 1. The Morgan fingerprint density at radius 2 is 2.33 bits per heavy atom. The van der Waals surface area contributed by atoms with Crippen LogP contribution >= 0.6 is 0 Å². The summed E-state index contributed by atoms with van der Waals surface area (Å²) in [5.41, 5.74) is 0. The highest BCUT2D eigenvalue weighted by molar-refractivity contribution is 5.79. The van der Waals surface area contributed by atoms with Gasteiger partial charge in [-0.3, -0.25) is 9.59 Å². The second-order valence-corrected chi connectivity index (χ2v) is 4.49. The highest BCUT2D eigenvalue weighted by Crippen LogP contribution is 2.10. The molecule has 104 valence electrons. The largest absolute Gasteiger partial charge is 0.394 e. The number of nitrogens with zero attached hydrogens (tertiary/aromatic N) is 1. The molecule has 2 amide bonds. The Bertz CT molecular complexity index is 283. The van der Waals surface area contributed by atoms with Crippen LogP contribution in [0, 0.1) is 0 Å².